The van der Waals surface area contributed by atoms with Gasteiger partial charge in [0.05, 0.1) is 17.5 Å². The van der Waals surface area contributed by atoms with Crippen LogP contribution in [-0.2, 0) is 6.54 Å². The summed E-state index contributed by atoms with van der Waals surface area (Å²) in [6.45, 7) is 2.74. The number of benzene rings is 1. The molecular weight excluding hydrogens is 326 g/mol. The van der Waals surface area contributed by atoms with Crippen molar-refractivity contribution in [3.8, 4) is 11.3 Å². The van der Waals surface area contributed by atoms with E-state index in [9.17, 15) is 9.90 Å². The third-order valence-electron chi connectivity index (χ3n) is 5.40. The Hall–Kier alpha value is -2.69. The van der Waals surface area contributed by atoms with Gasteiger partial charge >= 0.3 is 5.97 Å². The number of carbonyl (C=O) groups is 1. The Labute approximate surface area is 152 Å². The second kappa shape index (κ2) is 6.90. The molecule has 2 aromatic heterocycles. The van der Waals surface area contributed by atoms with E-state index in [1.54, 1.807) is 6.20 Å². The van der Waals surface area contributed by atoms with Crippen LogP contribution in [0.25, 0.3) is 22.3 Å². The van der Waals surface area contributed by atoms with Crippen molar-refractivity contribution >= 4 is 17.0 Å². The Morgan fingerprint density at radius 3 is 2.58 bits per heavy atom. The van der Waals surface area contributed by atoms with Gasteiger partial charge in [-0.05, 0) is 31.2 Å². The largest absolute Gasteiger partial charge is 0.478 e. The lowest BCUT2D eigenvalue weighted by Gasteiger charge is -2.25. The maximum atomic E-state index is 12.3. The molecule has 0 amide bonds. The number of hydrogen-bond acceptors (Lipinski definition) is 3. The Balaban J connectivity index is 2.06. The SMILES string of the molecule is CCn1ncc2c(C3CCCCC3)c(C(=O)O)c(-c3ccccc3)nc21. The maximum absolute atomic E-state index is 12.3. The van der Waals surface area contributed by atoms with Gasteiger partial charge in [0.15, 0.2) is 5.65 Å². The van der Waals surface area contributed by atoms with Crippen molar-refractivity contribution in [3.63, 3.8) is 0 Å². The van der Waals surface area contributed by atoms with E-state index in [1.807, 2.05) is 41.9 Å². The molecule has 26 heavy (non-hydrogen) atoms. The number of carboxylic acids is 1. The van der Waals surface area contributed by atoms with Crippen LogP contribution in [0.1, 0.15) is 60.9 Å². The van der Waals surface area contributed by atoms with Crippen LogP contribution in [0.5, 0.6) is 0 Å². The van der Waals surface area contributed by atoms with E-state index >= 15 is 0 Å². The lowest BCUT2D eigenvalue weighted by molar-refractivity contribution is 0.0695. The average Bonchev–Trinajstić information content (AvgIpc) is 3.10. The molecule has 0 bridgehead atoms. The van der Waals surface area contributed by atoms with E-state index in [-0.39, 0.29) is 5.92 Å². The number of hydrogen-bond donors (Lipinski definition) is 1. The predicted molar refractivity (Wildman–Crippen MR) is 101 cm³/mol. The van der Waals surface area contributed by atoms with Crippen LogP contribution in [0, 0.1) is 0 Å². The summed E-state index contributed by atoms with van der Waals surface area (Å²) in [6.07, 6.45) is 7.39. The minimum absolute atomic E-state index is 0.261. The molecule has 3 aromatic rings. The van der Waals surface area contributed by atoms with Crippen molar-refractivity contribution in [2.45, 2.75) is 51.5 Å². The standard InChI is InChI=1S/C21H23N3O2/c1-2-24-20-16(13-22-24)17(14-9-5-3-6-10-14)18(21(25)26)19(23-20)15-11-7-4-8-12-15/h4,7-8,11-14H,2-3,5-6,9-10H2,1H3,(H,25,26). The summed E-state index contributed by atoms with van der Waals surface area (Å²) in [7, 11) is 0. The molecule has 0 radical (unpaired) electrons. The van der Waals surface area contributed by atoms with E-state index < -0.39 is 5.97 Å². The molecule has 134 valence electrons. The summed E-state index contributed by atoms with van der Waals surface area (Å²) in [6, 6.07) is 9.63. The van der Waals surface area contributed by atoms with E-state index in [0.29, 0.717) is 17.8 Å². The summed E-state index contributed by atoms with van der Waals surface area (Å²) in [5.41, 5.74) is 3.47. The zero-order valence-electron chi connectivity index (χ0n) is 15.0. The van der Waals surface area contributed by atoms with Crippen LogP contribution in [0.15, 0.2) is 36.5 Å². The highest BCUT2D eigenvalue weighted by atomic mass is 16.4. The number of aromatic nitrogens is 3. The molecule has 0 aliphatic heterocycles. The predicted octanol–water partition coefficient (Wildman–Crippen LogP) is 4.86. The van der Waals surface area contributed by atoms with E-state index in [0.717, 1.165) is 47.8 Å². The minimum Gasteiger partial charge on any atom is -0.478 e. The van der Waals surface area contributed by atoms with E-state index in [1.165, 1.54) is 6.42 Å². The number of aryl methyl sites for hydroxylation is 1. The third-order valence-corrected chi connectivity index (χ3v) is 5.40. The molecule has 4 rings (SSSR count). The van der Waals surface area contributed by atoms with Crippen molar-refractivity contribution in [2.24, 2.45) is 0 Å². The lowest BCUT2D eigenvalue weighted by Crippen LogP contribution is -2.14. The van der Waals surface area contributed by atoms with Gasteiger partial charge in [-0.25, -0.2) is 14.5 Å². The molecule has 0 atom stereocenters. The normalized spacial score (nSPS) is 15.4. The number of pyridine rings is 1. The first kappa shape index (κ1) is 16.8. The Bertz CT molecular complexity index is 941. The molecule has 1 aliphatic carbocycles. The molecule has 1 aliphatic rings. The summed E-state index contributed by atoms with van der Waals surface area (Å²) >= 11 is 0. The van der Waals surface area contributed by atoms with Crippen LogP contribution in [0.2, 0.25) is 0 Å². The van der Waals surface area contributed by atoms with Gasteiger partial charge in [0.2, 0.25) is 0 Å². The van der Waals surface area contributed by atoms with Crippen LogP contribution >= 0.6 is 0 Å². The Morgan fingerprint density at radius 1 is 1.19 bits per heavy atom. The monoisotopic (exact) mass is 349 g/mol. The average molecular weight is 349 g/mol. The zero-order chi connectivity index (χ0) is 18.1. The molecule has 0 spiro atoms. The lowest BCUT2D eigenvalue weighted by atomic mass is 9.80. The van der Waals surface area contributed by atoms with Gasteiger partial charge in [0, 0.05) is 17.5 Å². The highest BCUT2D eigenvalue weighted by Gasteiger charge is 2.29. The second-order valence-electron chi connectivity index (χ2n) is 6.95. The molecule has 0 unspecified atom stereocenters. The van der Waals surface area contributed by atoms with Gasteiger partial charge < -0.3 is 5.11 Å². The molecule has 5 heteroatoms. The molecule has 1 fully saturated rings. The topological polar surface area (TPSA) is 68.0 Å². The highest BCUT2D eigenvalue weighted by Crippen LogP contribution is 2.41. The molecule has 1 N–H and O–H groups in total. The van der Waals surface area contributed by atoms with Gasteiger partial charge in [0.25, 0.3) is 0 Å². The molecule has 5 nitrogen and oxygen atoms in total. The first-order valence-corrected chi connectivity index (χ1v) is 9.38. The second-order valence-corrected chi connectivity index (χ2v) is 6.95. The van der Waals surface area contributed by atoms with Crippen LogP contribution in [0.3, 0.4) is 0 Å². The summed E-state index contributed by atoms with van der Waals surface area (Å²) in [5.74, 6) is -0.639. The van der Waals surface area contributed by atoms with Crippen molar-refractivity contribution in [3.05, 3.63) is 47.7 Å². The minimum atomic E-state index is -0.900. The first-order chi connectivity index (χ1) is 12.7. The number of rotatable bonds is 4. The highest BCUT2D eigenvalue weighted by molar-refractivity contribution is 6.02. The molecular formula is C21H23N3O2. The first-order valence-electron chi connectivity index (χ1n) is 9.38. The zero-order valence-corrected chi connectivity index (χ0v) is 15.0. The van der Waals surface area contributed by atoms with Crippen molar-refractivity contribution < 1.29 is 9.90 Å². The van der Waals surface area contributed by atoms with Gasteiger partial charge in [-0.1, -0.05) is 49.6 Å². The fraction of sp³-hybridized carbons (Fsp3) is 0.381. The van der Waals surface area contributed by atoms with Crippen LogP contribution < -0.4 is 0 Å². The van der Waals surface area contributed by atoms with Crippen molar-refractivity contribution in [2.75, 3.05) is 0 Å². The van der Waals surface area contributed by atoms with Gasteiger partial charge in [-0.2, -0.15) is 5.10 Å². The van der Waals surface area contributed by atoms with Gasteiger partial charge in [0.1, 0.15) is 0 Å². The number of nitrogens with zero attached hydrogens (tertiary/aromatic N) is 3. The maximum Gasteiger partial charge on any atom is 0.338 e. The molecule has 2 heterocycles. The quantitative estimate of drug-likeness (QED) is 0.730. The Kier molecular flexibility index (Phi) is 4.45. The third kappa shape index (κ3) is 2.77. The van der Waals surface area contributed by atoms with Crippen molar-refractivity contribution in [1.29, 1.82) is 0 Å². The number of carboxylic acid groups (broad SMARTS) is 1. The molecule has 1 aromatic carbocycles. The summed E-state index contributed by atoms with van der Waals surface area (Å²) < 4.78 is 1.86. The number of aromatic carboxylic acids is 1. The van der Waals surface area contributed by atoms with E-state index in [4.69, 9.17) is 4.98 Å². The summed E-state index contributed by atoms with van der Waals surface area (Å²) in [4.78, 5) is 17.1. The van der Waals surface area contributed by atoms with Crippen molar-refractivity contribution in [1.82, 2.24) is 14.8 Å². The van der Waals surface area contributed by atoms with Gasteiger partial charge in [-0.15, -0.1) is 0 Å². The number of fused-ring (bicyclic) bond motifs is 1. The van der Waals surface area contributed by atoms with Crippen LogP contribution in [0.4, 0.5) is 0 Å². The fourth-order valence-electron chi connectivity index (χ4n) is 4.18. The van der Waals surface area contributed by atoms with Gasteiger partial charge in [-0.3, -0.25) is 0 Å². The van der Waals surface area contributed by atoms with E-state index in [2.05, 4.69) is 5.10 Å². The smallest absolute Gasteiger partial charge is 0.338 e. The summed E-state index contributed by atoms with van der Waals surface area (Å²) in [5, 5.41) is 15.5. The fourth-order valence-corrected chi connectivity index (χ4v) is 4.18. The van der Waals surface area contributed by atoms with Crippen LogP contribution in [-0.4, -0.2) is 25.8 Å². The Morgan fingerprint density at radius 2 is 1.92 bits per heavy atom. The molecule has 1 saturated carbocycles. The molecule has 0 saturated heterocycles.